The average Bonchev–Trinajstić information content (AvgIpc) is 3.40. The average molecular weight is 543 g/mol. The molecule has 0 fully saturated rings. The summed E-state index contributed by atoms with van der Waals surface area (Å²) >= 11 is 6.67. The van der Waals surface area contributed by atoms with Gasteiger partial charge in [0.25, 0.3) is 0 Å². The van der Waals surface area contributed by atoms with Gasteiger partial charge in [-0.05, 0) is 60.0 Å². The lowest BCUT2D eigenvalue weighted by atomic mass is 9.94. The Labute approximate surface area is 232 Å². The second kappa shape index (κ2) is 11.8. The summed E-state index contributed by atoms with van der Waals surface area (Å²) < 4.78 is 4.71. The number of hydrogen-bond acceptors (Lipinski definition) is 6. The third-order valence-electron chi connectivity index (χ3n) is 7.13. The maximum atomic E-state index is 11.6. The van der Waals surface area contributed by atoms with Crippen molar-refractivity contribution in [1.29, 1.82) is 0 Å². The van der Waals surface area contributed by atoms with Crippen LogP contribution in [-0.4, -0.2) is 31.7 Å². The smallest absolute Gasteiger partial charge is 0.369 e. The van der Waals surface area contributed by atoms with Crippen LogP contribution >= 0.6 is 11.6 Å². The molecule has 7 nitrogen and oxygen atoms in total. The first kappa shape index (κ1) is 26.7. The number of aromatic nitrogens is 2. The highest BCUT2D eigenvalue weighted by Gasteiger charge is 2.33. The summed E-state index contributed by atoms with van der Waals surface area (Å²) in [5.41, 5.74) is 6.50. The Balaban J connectivity index is 1.44. The highest BCUT2D eigenvalue weighted by atomic mass is 35.5. The van der Waals surface area contributed by atoms with E-state index in [1.807, 2.05) is 73.7 Å². The van der Waals surface area contributed by atoms with Crippen molar-refractivity contribution in [2.45, 2.75) is 51.8 Å². The molecule has 0 saturated heterocycles. The molecule has 8 heteroatoms. The first-order valence-corrected chi connectivity index (χ1v) is 13.6. The molecule has 3 aromatic carbocycles. The molecule has 0 bridgehead atoms. The number of aliphatic hydroxyl groups excluding tert-OH is 1. The van der Waals surface area contributed by atoms with Crippen molar-refractivity contribution in [3.8, 4) is 22.5 Å². The van der Waals surface area contributed by atoms with E-state index in [1.54, 1.807) is 4.90 Å². The van der Waals surface area contributed by atoms with Gasteiger partial charge in [0.05, 0.1) is 6.04 Å². The van der Waals surface area contributed by atoms with Gasteiger partial charge in [0.1, 0.15) is 0 Å². The minimum Gasteiger partial charge on any atom is -0.369 e. The molecule has 0 amide bonds. The van der Waals surface area contributed by atoms with Gasteiger partial charge >= 0.3 is 5.76 Å². The molecule has 200 valence electrons. The van der Waals surface area contributed by atoms with E-state index in [2.05, 4.69) is 29.2 Å². The van der Waals surface area contributed by atoms with Gasteiger partial charge in [0, 0.05) is 16.8 Å². The van der Waals surface area contributed by atoms with E-state index in [9.17, 15) is 9.90 Å². The quantitative estimate of drug-likeness (QED) is 0.230. The molecular weight excluding hydrogens is 512 g/mol. The molecule has 2 heterocycles. The highest BCUT2D eigenvalue weighted by Crippen LogP contribution is 2.35. The molecule has 0 saturated carbocycles. The van der Waals surface area contributed by atoms with Crippen molar-refractivity contribution in [2.24, 2.45) is 4.99 Å². The maximum absolute atomic E-state index is 11.6. The molecule has 2 unspecified atom stereocenters. The van der Waals surface area contributed by atoms with Crippen molar-refractivity contribution >= 4 is 16.9 Å². The molecule has 1 aromatic heterocycles. The van der Waals surface area contributed by atoms with E-state index in [4.69, 9.17) is 21.1 Å². The summed E-state index contributed by atoms with van der Waals surface area (Å²) in [5.74, 6) is -0.204. The Morgan fingerprint density at radius 2 is 1.72 bits per heavy atom. The van der Waals surface area contributed by atoms with Crippen LogP contribution in [0.2, 0.25) is 0 Å². The number of aromatic amines is 1. The molecule has 4 aromatic rings. The third-order valence-corrected chi connectivity index (χ3v) is 7.41. The minimum atomic E-state index is -0.888. The van der Waals surface area contributed by atoms with Crippen LogP contribution in [0.5, 0.6) is 0 Å². The fourth-order valence-corrected chi connectivity index (χ4v) is 5.33. The van der Waals surface area contributed by atoms with Gasteiger partial charge in [-0.15, -0.1) is 0 Å². The summed E-state index contributed by atoms with van der Waals surface area (Å²) in [5, 5.41) is 15.8. The lowest BCUT2D eigenvalue weighted by Gasteiger charge is -2.38. The van der Waals surface area contributed by atoms with E-state index in [-0.39, 0.29) is 6.04 Å². The summed E-state index contributed by atoms with van der Waals surface area (Å²) in [7, 11) is 0. The Morgan fingerprint density at radius 1 is 1.03 bits per heavy atom. The number of unbranched alkanes of at least 4 members (excludes halogenated alkanes) is 1. The van der Waals surface area contributed by atoms with E-state index in [0.29, 0.717) is 17.5 Å². The summed E-state index contributed by atoms with van der Waals surface area (Å²) in [4.78, 5) is 20.7. The number of allylic oxidation sites excluding steroid dienone is 1. The van der Waals surface area contributed by atoms with Crippen LogP contribution in [0.4, 0.5) is 0 Å². The van der Waals surface area contributed by atoms with Crippen molar-refractivity contribution in [2.75, 3.05) is 0 Å². The van der Waals surface area contributed by atoms with Crippen LogP contribution in [0.15, 0.2) is 104 Å². The summed E-state index contributed by atoms with van der Waals surface area (Å²) in [6.07, 6.45) is 2.40. The van der Waals surface area contributed by atoms with Crippen molar-refractivity contribution in [1.82, 2.24) is 15.0 Å². The number of halogens is 1. The largest absolute Gasteiger partial charge is 0.439 e. The monoisotopic (exact) mass is 542 g/mol. The fourth-order valence-electron chi connectivity index (χ4n) is 4.99. The number of aliphatic imine (C=N–C) groups is 1. The van der Waals surface area contributed by atoms with Gasteiger partial charge in [0.15, 0.2) is 12.1 Å². The third kappa shape index (κ3) is 5.75. The van der Waals surface area contributed by atoms with Gasteiger partial charge in [-0.2, -0.15) is 0 Å². The lowest BCUT2D eigenvalue weighted by molar-refractivity contribution is 0.0575. The number of hydrogen-bond donors (Lipinski definition) is 2. The molecule has 2 N–H and O–H groups in total. The highest BCUT2D eigenvalue weighted by molar-refractivity contribution is 6.64. The SMILES string of the molecule is CCCCC1=C(Cc2ccc(-c3ccccc3-c3noc(=O)[nH]3)cc2)C(O)N(C(C)c2ccccc2)C(Cl)=N1. The number of nitrogens with one attached hydrogen (secondary N) is 1. The van der Waals surface area contributed by atoms with Crippen molar-refractivity contribution < 1.29 is 9.63 Å². The van der Waals surface area contributed by atoms with Crippen molar-refractivity contribution in [3.63, 3.8) is 0 Å². The Morgan fingerprint density at radius 3 is 2.38 bits per heavy atom. The van der Waals surface area contributed by atoms with Gasteiger partial charge in [0.2, 0.25) is 5.29 Å². The zero-order chi connectivity index (χ0) is 27.4. The number of benzene rings is 3. The molecular formula is C31H31ClN4O3. The van der Waals surface area contributed by atoms with Gasteiger partial charge < -0.3 is 10.0 Å². The molecule has 5 rings (SSSR count). The number of H-pyrrole nitrogens is 1. The first-order chi connectivity index (χ1) is 19.0. The second-order valence-electron chi connectivity index (χ2n) is 9.69. The molecule has 2 atom stereocenters. The molecule has 0 radical (unpaired) electrons. The first-order valence-electron chi connectivity index (χ1n) is 13.2. The zero-order valence-corrected chi connectivity index (χ0v) is 22.7. The normalized spacial score (nSPS) is 16.4. The van der Waals surface area contributed by atoms with Crippen LogP contribution < -0.4 is 5.76 Å². The van der Waals surface area contributed by atoms with E-state index in [0.717, 1.165) is 58.3 Å². The van der Waals surface area contributed by atoms with Gasteiger partial charge in [-0.25, -0.2) is 9.79 Å². The Kier molecular flexibility index (Phi) is 8.10. The summed E-state index contributed by atoms with van der Waals surface area (Å²) in [6, 6.07) is 25.7. The van der Waals surface area contributed by atoms with Crippen LogP contribution in [0.1, 0.15) is 50.3 Å². The molecule has 0 aliphatic carbocycles. The van der Waals surface area contributed by atoms with Crippen LogP contribution in [-0.2, 0) is 6.42 Å². The number of aliphatic hydroxyl groups is 1. The van der Waals surface area contributed by atoms with E-state index in [1.165, 1.54) is 0 Å². The fraction of sp³-hybridized carbons (Fsp3) is 0.258. The van der Waals surface area contributed by atoms with Crippen LogP contribution in [0.25, 0.3) is 22.5 Å². The summed E-state index contributed by atoms with van der Waals surface area (Å²) in [6.45, 7) is 4.17. The number of nitrogens with zero attached hydrogens (tertiary/aromatic N) is 3. The van der Waals surface area contributed by atoms with E-state index >= 15 is 0 Å². The molecule has 1 aliphatic rings. The predicted octanol–water partition coefficient (Wildman–Crippen LogP) is 6.67. The van der Waals surface area contributed by atoms with Gasteiger partial charge in [-0.1, -0.05) is 97.4 Å². The topological polar surface area (TPSA) is 94.7 Å². The Hall–Kier alpha value is -3.94. The zero-order valence-electron chi connectivity index (χ0n) is 22.0. The van der Waals surface area contributed by atoms with Gasteiger partial charge in [-0.3, -0.25) is 9.51 Å². The molecule has 1 aliphatic heterocycles. The van der Waals surface area contributed by atoms with Crippen LogP contribution in [0.3, 0.4) is 0 Å². The van der Waals surface area contributed by atoms with Crippen molar-refractivity contribution in [3.05, 3.63) is 112 Å². The number of amidine groups is 1. The minimum absolute atomic E-state index is 0.151. The predicted molar refractivity (Wildman–Crippen MR) is 154 cm³/mol. The second-order valence-corrected chi connectivity index (χ2v) is 10.0. The maximum Gasteiger partial charge on any atom is 0.439 e. The number of rotatable bonds is 9. The van der Waals surface area contributed by atoms with E-state index < -0.39 is 12.0 Å². The molecule has 39 heavy (non-hydrogen) atoms. The molecule has 0 spiro atoms. The Bertz CT molecular complexity index is 1540. The standard InChI is InChI=1S/C31H31ClN4O3/c1-3-4-14-27-26(29(37)36(30(32)33-27)20(2)22-10-6-5-7-11-22)19-21-15-17-23(18-16-21)24-12-8-9-13-25(24)28-34-31(38)39-35-28/h5-13,15-18,20,29,37H,3-4,14,19H2,1-2H3,(H,34,35,38). The van der Waals surface area contributed by atoms with Crippen LogP contribution in [0, 0.1) is 0 Å². The lowest BCUT2D eigenvalue weighted by Crippen LogP contribution is -2.44.